The number of nitrogens with zero attached hydrogens (tertiary/aromatic N) is 3. The van der Waals surface area contributed by atoms with Crippen molar-refractivity contribution in [2.45, 2.75) is 20.1 Å². The van der Waals surface area contributed by atoms with Crippen LogP contribution in [0.15, 0.2) is 54.7 Å². The third-order valence-electron chi connectivity index (χ3n) is 5.05. The molecule has 0 radical (unpaired) electrons. The summed E-state index contributed by atoms with van der Waals surface area (Å²) in [6.07, 6.45) is 1.51. The number of benzene rings is 2. The molecule has 0 atom stereocenters. The molecule has 0 aliphatic carbocycles. The molecule has 1 aliphatic rings. The standard InChI is InChI=1S/C24H20FN5O5/c1-14-28-22(30-29-14)12-32-16-5-4-15(19(25)9-16)11-27-23(31)18-3-2-8-26-24(18)35-17-6-7-20-21(10-17)34-13-33-20/h2-10H,11-13H2,1H3,(H,27,31)(H,28,29,30). The van der Waals surface area contributed by atoms with E-state index < -0.39 is 11.7 Å². The number of nitrogens with one attached hydrogen (secondary N) is 2. The summed E-state index contributed by atoms with van der Waals surface area (Å²) in [5.41, 5.74) is 0.494. The highest BCUT2D eigenvalue weighted by Gasteiger charge is 2.18. The van der Waals surface area contributed by atoms with Gasteiger partial charge in [0.25, 0.3) is 5.91 Å². The lowest BCUT2D eigenvalue weighted by molar-refractivity contribution is 0.0947. The van der Waals surface area contributed by atoms with Crippen LogP contribution in [0.2, 0.25) is 0 Å². The summed E-state index contributed by atoms with van der Waals surface area (Å²) >= 11 is 0. The normalized spacial score (nSPS) is 11.8. The monoisotopic (exact) mass is 477 g/mol. The number of carbonyl (C=O) groups is 1. The molecule has 35 heavy (non-hydrogen) atoms. The maximum atomic E-state index is 14.6. The average Bonchev–Trinajstić information content (AvgIpc) is 3.50. The molecular formula is C24H20FN5O5. The number of aromatic amines is 1. The molecule has 4 aromatic rings. The number of amides is 1. The van der Waals surface area contributed by atoms with E-state index >= 15 is 0 Å². The molecule has 2 N–H and O–H groups in total. The Bertz CT molecular complexity index is 1380. The minimum absolute atomic E-state index is 0.0383. The molecule has 10 nitrogen and oxygen atoms in total. The van der Waals surface area contributed by atoms with E-state index in [1.165, 1.54) is 12.3 Å². The number of hydrogen-bond acceptors (Lipinski definition) is 8. The van der Waals surface area contributed by atoms with Gasteiger partial charge < -0.3 is 24.3 Å². The Hall–Kier alpha value is -4.67. The van der Waals surface area contributed by atoms with E-state index in [0.29, 0.717) is 40.2 Å². The summed E-state index contributed by atoms with van der Waals surface area (Å²) in [6.45, 7) is 1.98. The van der Waals surface area contributed by atoms with Crippen molar-refractivity contribution in [3.05, 3.63) is 83.3 Å². The van der Waals surface area contributed by atoms with E-state index in [0.717, 1.165) is 0 Å². The lowest BCUT2D eigenvalue weighted by Crippen LogP contribution is -2.24. The van der Waals surface area contributed by atoms with Crippen LogP contribution in [-0.4, -0.2) is 32.9 Å². The average molecular weight is 477 g/mol. The molecule has 0 spiro atoms. The number of aromatic nitrogens is 4. The van der Waals surface area contributed by atoms with Gasteiger partial charge in [-0.1, -0.05) is 6.07 Å². The number of halogens is 1. The zero-order chi connectivity index (χ0) is 24.2. The molecule has 1 amide bonds. The molecule has 0 unspecified atom stereocenters. The van der Waals surface area contributed by atoms with Crippen molar-refractivity contribution in [3.8, 4) is 28.9 Å². The van der Waals surface area contributed by atoms with E-state index in [4.69, 9.17) is 18.9 Å². The second-order valence-electron chi connectivity index (χ2n) is 7.53. The van der Waals surface area contributed by atoms with Gasteiger partial charge >= 0.3 is 0 Å². The Morgan fingerprint density at radius 2 is 2.00 bits per heavy atom. The number of aryl methyl sites for hydroxylation is 1. The van der Waals surface area contributed by atoms with Crippen LogP contribution in [0.25, 0.3) is 0 Å². The second-order valence-corrected chi connectivity index (χ2v) is 7.53. The highest BCUT2D eigenvalue weighted by molar-refractivity contribution is 5.96. The summed E-state index contributed by atoms with van der Waals surface area (Å²) in [7, 11) is 0. The van der Waals surface area contributed by atoms with Crippen molar-refractivity contribution in [1.29, 1.82) is 0 Å². The van der Waals surface area contributed by atoms with Gasteiger partial charge in [0, 0.05) is 30.4 Å². The van der Waals surface area contributed by atoms with Crippen molar-refractivity contribution in [3.63, 3.8) is 0 Å². The molecule has 1 aliphatic heterocycles. The number of ether oxygens (including phenoxy) is 4. The maximum absolute atomic E-state index is 14.6. The summed E-state index contributed by atoms with van der Waals surface area (Å²) in [5, 5.41) is 9.38. The minimum Gasteiger partial charge on any atom is -0.485 e. The maximum Gasteiger partial charge on any atom is 0.257 e. The molecule has 0 saturated carbocycles. The first-order valence-electron chi connectivity index (χ1n) is 10.6. The van der Waals surface area contributed by atoms with E-state index in [-0.39, 0.29) is 31.4 Å². The molecule has 0 saturated heterocycles. The van der Waals surface area contributed by atoms with Crippen molar-refractivity contribution in [2.24, 2.45) is 0 Å². The molecule has 11 heteroatoms. The molecule has 0 bridgehead atoms. The molecule has 3 heterocycles. The summed E-state index contributed by atoms with van der Waals surface area (Å²) < 4.78 is 36.5. The van der Waals surface area contributed by atoms with Crippen LogP contribution >= 0.6 is 0 Å². The van der Waals surface area contributed by atoms with Crippen molar-refractivity contribution < 1.29 is 28.1 Å². The fraction of sp³-hybridized carbons (Fsp3) is 0.167. The number of H-pyrrole nitrogens is 1. The minimum atomic E-state index is -0.517. The van der Waals surface area contributed by atoms with Gasteiger partial charge in [0.1, 0.15) is 35.3 Å². The predicted octanol–water partition coefficient (Wildman–Crippen LogP) is 3.68. The molecule has 178 valence electrons. The van der Waals surface area contributed by atoms with Gasteiger partial charge in [0.15, 0.2) is 17.3 Å². The van der Waals surface area contributed by atoms with Gasteiger partial charge in [-0.2, -0.15) is 5.10 Å². The van der Waals surface area contributed by atoms with Crippen LogP contribution in [0.1, 0.15) is 27.6 Å². The number of hydrogen-bond donors (Lipinski definition) is 2. The summed E-state index contributed by atoms with van der Waals surface area (Å²) in [4.78, 5) is 21.1. The van der Waals surface area contributed by atoms with Crippen LogP contribution in [0.5, 0.6) is 28.9 Å². The highest BCUT2D eigenvalue weighted by atomic mass is 19.1. The fourth-order valence-electron chi connectivity index (χ4n) is 3.33. The van der Waals surface area contributed by atoms with Gasteiger partial charge in [-0.05, 0) is 37.3 Å². The Morgan fingerprint density at radius 1 is 1.14 bits per heavy atom. The zero-order valence-corrected chi connectivity index (χ0v) is 18.6. The van der Waals surface area contributed by atoms with Crippen molar-refractivity contribution in [2.75, 3.05) is 6.79 Å². The number of pyridine rings is 1. The van der Waals surface area contributed by atoms with E-state index in [9.17, 15) is 9.18 Å². The Balaban J connectivity index is 1.22. The molecule has 5 rings (SSSR count). The predicted molar refractivity (Wildman–Crippen MR) is 120 cm³/mol. The van der Waals surface area contributed by atoms with Gasteiger partial charge in [-0.15, -0.1) is 0 Å². The van der Waals surface area contributed by atoms with Crippen LogP contribution in [0.4, 0.5) is 4.39 Å². The first-order valence-corrected chi connectivity index (χ1v) is 10.6. The third-order valence-corrected chi connectivity index (χ3v) is 5.05. The Labute approximate surface area is 199 Å². The number of carbonyl (C=O) groups excluding carboxylic acids is 1. The second kappa shape index (κ2) is 9.67. The number of rotatable bonds is 8. The summed E-state index contributed by atoms with van der Waals surface area (Å²) in [5.74, 6) is 2.18. The third kappa shape index (κ3) is 5.13. The lowest BCUT2D eigenvalue weighted by Gasteiger charge is -2.11. The van der Waals surface area contributed by atoms with Crippen molar-refractivity contribution in [1.82, 2.24) is 25.5 Å². The molecule has 2 aromatic heterocycles. The first kappa shape index (κ1) is 22.1. The zero-order valence-electron chi connectivity index (χ0n) is 18.6. The SMILES string of the molecule is Cc1nc(COc2ccc(CNC(=O)c3cccnc3Oc3ccc4c(c3)OCO4)c(F)c2)n[nH]1. The van der Waals surface area contributed by atoms with Crippen LogP contribution in [-0.2, 0) is 13.2 Å². The van der Waals surface area contributed by atoms with Crippen LogP contribution < -0.4 is 24.3 Å². The summed E-state index contributed by atoms with van der Waals surface area (Å²) in [6, 6.07) is 12.6. The van der Waals surface area contributed by atoms with Crippen LogP contribution in [0, 0.1) is 12.7 Å². The molecule has 2 aromatic carbocycles. The first-order chi connectivity index (χ1) is 17.0. The largest absolute Gasteiger partial charge is 0.485 e. The topological polar surface area (TPSA) is 120 Å². The highest BCUT2D eigenvalue weighted by Crippen LogP contribution is 2.36. The van der Waals surface area contributed by atoms with E-state index in [1.807, 2.05) is 0 Å². The van der Waals surface area contributed by atoms with Gasteiger partial charge in [-0.25, -0.2) is 14.4 Å². The quantitative estimate of drug-likeness (QED) is 0.394. The Morgan fingerprint density at radius 3 is 2.83 bits per heavy atom. The fourth-order valence-corrected chi connectivity index (χ4v) is 3.33. The van der Waals surface area contributed by atoms with Gasteiger partial charge in [0.05, 0.1) is 0 Å². The molecule has 0 fully saturated rings. The van der Waals surface area contributed by atoms with Gasteiger partial charge in [0.2, 0.25) is 12.7 Å². The smallest absolute Gasteiger partial charge is 0.257 e. The number of fused-ring (bicyclic) bond motifs is 1. The van der Waals surface area contributed by atoms with Crippen LogP contribution in [0.3, 0.4) is 0 Å². The Kier molecular flexibility index (Phi) is 6.12. The van der Waals surface area contributed by atoms with E-state index in [2.05, 4.69) is 25.5 Å². The van der Waals surface area contributed by atoms with E-state index in [1.54, 1.807) is 49.4 Å². The molecular weight excluding hydrogens is 457 g/mol. The lowest BCUT2D eigenvalue weighted by atomic mass is 10.2. The van der Waals surface area contributed by atoms with Crippen molar-refractivity contribution >= 4 is 5.91 Å². The van der Waals surface area contributed by atoms with Gasteiger partial charge in [-0.3, -0.25) is 9.89 Å².